The number of anilines is 1. The summed E-state index contributed by atoms with van der Waals surface area (Å²) in [5.74, 6) is -0.238. The predicted molar refractivity (Wildman–Crippen MR) is 81.2 cm³/mol. The normalized spacial score (nSPS) is 11.6. The Morgan fingerprint density at radius 1 is 1.20 bits per heavy atom. The fraction of sp³-hybridized carbons (Fsp3) is 0.500. The lowest BCUT2D eigenvalue weighted by Gasteiger charge is -2.23. The zero-order valence-corrected chi connectivity index (χ0v) is 13.1. The van der Waals surface area contributed by atoms with Crippen LogP contribution in [0.2, 0.25) is 0 Å². The number of carbonyl (C=O) groups excluding carboxylic acids is 1. The summed E-state index contributed by atoms with van der Waals surface area (Å²) in [6, 6.07) is 9.17. The van der Waals surface area contributed by atoms with Gasteiger partial charge in [-0.25, -0.2) is 8.42 Å². The molecule has 0 bridgehead atoms. The molecule has 20 heavy (non-hydrogen) atoms. The molecule has 1 rings (SSSR count). The van der Waals surface area contributed by atoms with Crippen LogP contribution in [0.1, 0.15) is 19.8 Å². The zero-order valence-electron chi connectivity index (χ0n) is 12.2. The molecule has 0 spiro atoms. The van der Waals surface area contributed by atoms with Crippen molar-refractivity contribution in [3.8, 4) is 0 Å². The molecule has 0 radical (unpaired) electrons. The van der Waals surface area contributed by atoms with E-state index in [0.29, 0.717) is 6.54 Å². The fourth-order valence-corrected chi connectivity index (χ4v) is 2.55. The van der Waals surface area contributed by atoms with Gasteiger partial charge in [0.1, 0.15) is 0 Å². The molecule has 1 aromatic carbocycles. The van der Waals surface area contributed by atoms with Gasteiger partial charge in [-0.2, -0.15) is 4.31 Å². The number of amides is 1. The summed E-state index contributed by atoms with van der Waals surface area (Å²) >= 11 is 0. The van der Waals surface area contributed by atoms with E-state index in [-0.39, 0.29) is 12.5 Å². The Hall–Kier alpha value is -1.40. The second-order valence-electron chi connectivity index (χ2n) is 4.74. The van der Waals surface area contributed by atoms with Crippen LogP contribution in [-0.2, 0) is 14.8 Å². The summed E-state index contributed by atoms with van der Waals surface area (Å²) in [5, 5.41) is 0. The molecule has 0 atom stereocenters. The molecular formula is C14H22N2O3S. The molecule has 0 aliphatic rings. The first-order valence-electron chi connectivity index (χ1n) is 6.63. The number of benzene rings is 1. The minimum Gasteiger partial charge on any atom is -0.314 e. The predicted octanol–water partition coefficient (Wildman–Crippen LogP) is 1.71. The number of carbonyl (C=O) groups is 1. The van der Waals surface area contributed by atoms with Crippen molar-refractivity contribution < 1.29 is 13.2 Å². The third-order valence-corrected chi connectivity index (χ3v) is 4.31. The van der Waals surface area contributed by atoms with E-state index in [4.69, 9.17) is 0 Å². The molecule has 0 aliphatic heterocycles. The highest BCUT2D eigenvalue weighted by atomic mass is 32.2. The summed E-state index contributed by atoms with van der Waals surface area (Å²) in [5.41, 5.74) is 0.751. The van der Waals surface area contributed by atoms with Crippen LogP contribution in [0.15, 0.2) is 30.3 Å². The van der Waals surface area contributed by atoms with Crippen LogP contribution in [-0.4, -0.2) is 45.0 Å². The van der Waals surface area contributed by atoms with Crippen molar-refractivity contribution >= 4 is 21.6 Å². The molecular weight excluding hydrogens is 276 g/mol. The van der Waals surface area contributed by atoms with Gasteiger partial charge in [0.25, 0.3) is 0 Å². The summed E-state index contributed by atoms with van der Waals surface area (Å²) in [6.07, 6.45) is 2.77. The maximum Gasteiger partial charge on any atom is 0.242 e. The van der Waals surface area contributed by atoms with Gasteiger partial charge in [0.2, 0.25) is 15.9 Å². The van der Waals surface area contributed by atoms with Gasteiger partial charge >= 0.3 is 0 Å². The quantitative estimate of drug-likeness (QED) is 0.770. The highest BCUT2D eigenvalue weighted by Crippen LogP contribution is 2.12. The number of rotatable bonds is 7. The lowest BCUT2D eigenvalue weighted by atomic mass is 10.3. The Bertz CT molecular complexity index is 529. The first-order valence-corrected chi connectivity index (χ1v) is 8.47. The van der Waals surface area contributed by atoms with Gasteiger partial charge in [-0.05, 0) is 18.6 Å². The standard InChI is InChI=1S/C14H22N2O3S/c1-4-5-11-16(20(3,18)19)12-14(17)15(2)13-9-7-6-8-10-13/h6-10H,4-5,11-12H2,1-3H3. The Labute approximate surface area is 121 Å². The van der Waals surface area contributed by atoms with E-state index in [9.17, 15) is 13.2 Å². The smallest absolute Gasteiger partial charge is 0.242 e. The fourth-order valence-electron chi connectivity index (χ4n) is 1.75. The van der Waals surface area contributed by atoms with Gasteiger partial charge < -0.3 is 4.90 Å². The lowest BCUT2D eigenvalue weighted by molar-refractivity contribution is -0.118. The Kier molecular flexibility index (Phi) is 6.16. The van der Waals surface area contributed by atoms with Crippen molar-refractivity contribution in [2.24, 2.45) is 0 Å². The average molecular weight is 298 g/mol. The summed E-state index contributed by atoms with van der Waals surface area (Å²) in [6.45, 7) is 2.24. The van der Waals surface area contributed by atoms with Crippen LogP contribution in [0.25, 0.3) is 0 Å². The van der Waals surface area contributed by atoms with Crippen LogP contribution in [0.5, 0.6) is 0 Å². The molecule has 0 aliphatic carbocycles. The third-order valence-electron chi connectivity index (χ3n) is 3.06. The van der Waals surface area contributed by atoms with E-state index in [1.165, 1.54) is 9.21 Å². The van der Waals surface area contributed by atoms with E-state index in [1.807, 2.05) is 37.3 Å². The topological polar surface area (TPSA) is 57.7 Å². The molecule has 0 saturated heterocycles. The summed E-state index contributed by atoms with van der Waals surface area (Å²) < 4.78 is 24.6. The first kappa shape index (κ1) is 16.7. The largest absolute Gasteiger partial charge is 0.314 e. The highest BCUT2D eigenvalue weighted by molar-refractivity contribution is 7.88. The zero-order chi connectivity index (χ0) is 15.2. The molecule has 6 heteroatoms. The van der Waals surface area contributed by atoms with Crippen LogP contribution < -0.4 is 4.90 Å². The first-order chi connectivity index (χ1) is 9.36. The van der Waals surface area contributed by atoms with E-state index in [0.717, 1.165) is 24.8 Å². The molecule has 1 aromatic rings. The van der Waals surface area contributed by atoms with Crippen molar-refractivity contribution in [1.29, 1.82) is 0 Å². The molecule has 5 nitrogen and oxygen atoms in total. The minimum absolute atomic E-state index is 0.121. The number of unbranched alkanes of at least 4 members (excludes halogenated alkanes) is 1. The van der Waals surface area contributed by atoms with Gasteiger partial charge in [0.05, 0.1) is 12.8 Å². The second-order valence-corrected chi connectivity index (χ2v) is 6.72. The molecule has 1 amide bonds. The lowest BCUT2D eigenvalue weighted by Crippen LogP contribution is -2.41. The summed E-state index contributed by atoms with van der Waals surface area (Å²) in [4.78, 5) is 13.7. The Morgan fingerprint density at radius 2 is 1.80 bits per heavy atom. The van der Waals surface area contributed by atoms with Gasteiger partial charge in [0.15, 0.2) is 0 Å². The SMILES string of the molecule is CCCCN(CC(=O)N(C)c1ccccc1)S(C)(=O)=O. The maximum absolute atomic E-state index is 12.2. The van der Waals surface area contributed by atoms with Crippen LogP contribution in [0.3, 0.4) is 0 Å². The van der Waals surface area contributed by atoms with Crippen molar-refractivity contribution in [2.45, 2.75) is 19.8 Å². The maximum atomic E-state index is 12.2. The third kappa shape index (κ3) is 4.94. The van der Waals surface area contributed by atoms with Crippen LogP contribution in [0.4, 0.5) is 5.69 Å². The molecule has 0 saturated carbocycles. The average Bonchev–Trinajstić information content (AvgIpc) is 2.42. The Balaban J connectivity index is 2.76. The number of hydrogen-bond acceptors (Lipinski definition) is 3. The van der Waals surface area contributed by atoms with Gasteiger partial charge in [-0.1, -0.05) is 31.5 Å². The van der Waals surface area contributed by atoms with Crippen molar-refractivity contribution in [2.75, 3.05) is 31.3 Å². The number of nitrogens with zero attached hydrogens (tertiary/aromatic N) is 2. The van der Waals surface area contributed by atoms with Crippen LogP contribution >= 0.6 is 0 Å². The van der Waals surface area contributed by atoms with E-state index in [1.54, 1.807) is 7.05 Å². The van der Waals surface area contributed by atoms with Crippen molar-refractivity contribution in [3.63, 3.8) is 0 Å². The van der Waals surface area contributed by atoms with E-state index in [2.05, 4.69) is 0 Å². The van der Waals surface area contributed by atoms with Crippen molar-refractivity contribution in [3.05, 3.63) is 30.3 Å². The monoisotopic (exact) mass is 298 g/mol. The molecule has 0 N–H and O–H groups in total. The van der Waals surface area contributed by atoms with Gasteiger partial charge in [0, 0.05) is 19.3 Å². The highest BCUT2D eigenvalue weighted by Gasteiger charge is 2.21. The van der Waals surface area contributed by atoms with Gasteiger partial charge in [-0.3, -0.25) is 4.79 Å². The molecule has 112 valence electrons. The number of hydrogen-bond donors (Lipinski definition) is 0. The van der Waals surface area contributed by atoms with E-state index >= 15 is 0 Å². The van der Waals surface area contributed by atoms with Crippen LogP contribution in [0, 0.1) is 0 Å². The minimum atomic E-state index is -3.36. The number of sulfonamides is 1. The van der Waals surface area contributed by atoms with Gasteiger partial charge in [-0.15, -0.1) is 0 Å². The molecule has 0 unspecified atom stereocenters. The second kappa shape index (κ2) is 7.40. The Morgan fingerprint density at radius 3 is 2.30 bits per heavy atom. The van der Waals surface area contributed by atoms with E-state index < -0.39 is 10.0 Å². The van der Waals surface area contributed by atoms with Crippen molar-refractivity contribution in [1.82, 2.24) is 4.31 Å². The molecule has 0 heterocycles. The number of para-hydroxylation sites is 1. The number of likely N-dealkylation sites (N-methyl/N-ethyl adjacent to an activating group) is 1. The molecule has 0 fully saturated rings. The summed E-state index contributed by atoms with van der Waals surface area (Å²) in [7, 11) is -1.71. The molecule has 0 aromatic heterocycles.